The molecule has 2 heterocycles. The van der Waals surface area contributed by atoms with E-state index < -0.39 is 52.7 Å². The van der Waals surface area contributed by atoms with Gasteiger partial charge in [-0.25, -0.2) is 4.68 Å². The van der Waals surface area contributed by atoms with E-state index in [1.165, 1.54) is 12.0 Å². The zero-order valence-electron chi connectivity index (χ0n) is 19.8. The highest BCUT2D eigenvalue weighted by molar-refractivity contribution is 7.79. The van der Waals surface area contributed by atoms with Crippen molar-refractivity contribution in [2.24, 2.45) is 5.41 Å². The second-order valence-corrected chi connectivity index (χ2v) is 11.0. The normalized spacial score (nSPS) is 24.9. The molecule has 1 aliphatic carbocycles. The van der Waals surface area contributed by atoms with Crippen molar-refractivity contribution in [1.82, 2.24) is 25.2 Å². The molecule has 0 aromatic carbocycles. The van der Waals surface area contributed by atoms with Crippen LogP contribution in [0.4, 0.5) is 0 Å². The minimum Gasteiger partial charge on any atom is -0.772 e. The molecule has 3 unspecified atom stereocenters. The average Bonchev–Trinajstić information content (AvgIpc) is 3.33. The van der Waals surface area contributed by atoms with E-state index in [2.05, 4.69) is 15.6 Å². The third-order valence-electron chi connectivity index (χ3n) is 6.29. The molecule has 3 rings (SSSR count). The molecular weight excluding hydrogens is 450 g/mol. The predicted octanol–water partition coefficient (Wildman–Crippen LogP) is 0.103. The van der Waals surface area contributed by atoms with Gasteiger partial charge in [0.05, 0.1) is 23.9 Å². The number of carbonyl (C=O) groups is 2. The van der Waals surface area contributed by atoms with Crippen molar-refractivity contribution in [3.63, 3.8) is 0 Å². The SMILES string of the molecule is COC(C)C(CS(=O)[O-])NC(=O)[C@H]1C[C@H](O)CN1C(=O)[C@H](n1cc(C2CC2)nn1)C(C)(C)C. The van der Waals surface area contributed by atoms with E-state index in [4.69, 9.17) is 4.74 Å². The first-order chi connectivity index (χ1) is 15.4. The van der Waals surface area contributed by atoms with Gasteiger partial charge in [0.1, 0.15) is 12.1 Å². The maximum atomic E-state index is 13.7. The molecular formula is C21H34N5O6S-. The van der Waals surface area contributed by atoms with Crippen LogP contribution in [0.1, 0.15) is 64.6 Å². The molecule has 33 heavy (non-hydrogen) atoms. The first-order valence-electron chi connectivity index (χ1n) is 11.2. The quantitative estimate of drug-likeness (QED) is 0.469. The van der Waals surface area contributed by atoms with Crippen LogP contribution in [0.5, 0.6) is 0 Å². The van der Waals surface area contributed by atoms with Crippen LogP contribution in [0.15, 0.2) is 6.20 Å². The molecule has 0 spiro atoms. The van der Waals surface area contributed by atoms with Crippen molar-refractivity contribution >= 4 is 22.9 Å². The van der Waals surface area contributed by atoms with Gasteiger partial charge < -0.3 is 24.6 Å². The van der Waals surface area contributed by atoms with E-state index in [1.54, 1.807) is 17.8 Å². The average molecular weight is 485 g/mol. The summed E-state index contributed by atoms with van der Waals surface area (Å²) in [5.41, 5.74) is 0.321. The lowest BCUT2D eigenvalue weighted by Crippen LogP contribution is -2.54. The van der Waals surface area contributed by atoms with Crippen molar-refractivity contribution in [2.45, 2.75) is 83.2 Å². The second kappa shape index (κ2) is 10.2. The monoisotopic (exact) mass is 484 g/mol. The van der Waals surface area contributed by atoms with Gasteiger partial charge in [-0.2, -0.15) is 0 Å². The maximum absolute atomic E-state index is 13.7. The van der Waals surface area contributed by atoms with Gasteiger partial charge >= 0.3 is 0 Å². The number of likely N-dealkylation sites (tertiary alicyclic amines) is 1. The van der Waals surface area contributed by atoms with Gasteiger partial charge in [-0.1, -0.05) is 37.1 Å². The van der Waals surface area contributed by atoms with Crippen LogP contribution in [0.3, 0.4) is 0 Å². The number of hydrogen-bond donors (Lipinski definition) is 2. The summed E-state index contributed by atoms with van der Waals surface area (Å²) in [7, 11) is 1.43. The molecule has 1 aromatic rings. The largest absolute Gasteiger partial charge is 0.772 e. The molecule has 12 heteroatoms. The van der Waals surface area contributed by atoms with Crippen molar-refractivity contribution in [1.29, 1.82) is 0 Å². The van der Waals surface area contributed by atoms with Gasteiger partial charge in [-0.15, -0.1) is 5.10 Å². The molecule has 2 fully saturated rings. The number of β-amino-alcohol motifs (C(OH)–C–C–N with tert-alkyl or cyclic N) is 1. The molecule has 0 radical (unpaired) electrons. The number of hydrogen-bond acceptors (Lipinski definition) is 8. The fraction of sp³-hybridized carbons (Fsp3) is 0.810. The summed E-state index contributed by atoms with van der Waals surface area (Å²) in [5.74, 6) is -0.801. The van der Waals surface area contributed by atoms with Crippen molar-refractivity contribution in [2.75, 3.05) is 19.4 Å². The number of carbonyl (C=O) groups excluding carboxylic acids is 2. The molecule has 1 aromatic heterocycles. The predicted molar refractivity (Wildman–Crippen MR) is 119 cm³/mol. The van der Waals surface area contributed by atoms with Gasteiger partial charge in [0, 0.05) is 37.9 Å². The van der Waals surface area contributed by atoms with Crippen molar-refractivity contribution in [3.8, 4) is 0 Å². The van der Waals surface area contributed by atoms with Gasteiger partial charge in [0.2, 0.25) is 11.8 Å². The van der Waals surface area contributed by atoms with Gasteiger partial charge in [-0.05, 0) is 25.2 Å². The second-order valence-electron chi connectivity index (χ2n) is 10.1. The molecule has 2 aliphatic rings. The summed E-state index contributed by atoms with van der Waals surface area (Å²) < 4.78 is 29.2. The van der Waals surface area contributed by atoms with E-state index in [0.29, 0.717) is 5.92 Å². The summed E-state index contributed by atoms with van der Waals surface area (Å²) in [6.07, 6.45) is 2.56. The Morgan fingerprint density at radius 1 is 1.39 bits per heavy atom. The molecule has 0 bridgehead atoms. The standard InChI is InChI=1S/C21H35N5O6S/c1-12(32-5)16(11-33(30)31)22-19(28)17-8-14(27)9-25(17)20(29)18(21(2,3)4)26-10-15(23-24-26)13-6-7-13/h10,12-14,16-18,27H,6-9,11H2,1-5H3,(H,22,28)(H,30,31)/p-1/t12?,14-,16?,17+,18-/m0/s1. The number of aliphatic hydroxyl groups excluding tert-OH is 1. The highest BCUT2D eigenvalue weighted by Gasteiger charge is 2.46. The number of nitrogens with one attached hydrogen (secondary N) is 1. The lowest BCUT2D eigenvalue weighted by Gasteiger charge is -2.35. The van der Waals surface area contributed by atoms with Crippen molar-refractivity contribution < 1.29 is 28.2 Å². The Hall–Kier alpha value is -1.89. The van der Waals surface area contributed by atoms with Gasteiger partial charge in [0.15, 0.2) is 0 Å². The van der Waals surface area contributed by atoms with E-state index in [9.17, 15) is 23.5 Å². The Morgan fingerprint density at radius 2 is 2.06 bits per heavy atom. The summed E-state index contributed by atoms with van der Waals surface area (Å²) in [4.78, 5) is 28.2. The van der Waals surface area contributed by atoms with Crippen LogP contribution in [0, 0.1) is 5.41 Å². The zero-order valence-corrected chi connectivity index (χ0v) is 20.6. The number of rotatable bonds is 9. The minimum absolute atomic E-state index is 0.00562. The number of amides is 2. The van der Waals surface area contributed by atoms with Crippen LogP contribution < -0.4 is 5.32 Å². The topological polar surface area (TPSA) is 150 Å². The highest BCUT2D eigenvalue weighted by atomic mass is 32.2. The summed E-state index contributed by atoms with van der Waals surface area (Å²) in [6.45, 7) is 7.40. The van der Waals surface area contributed by atoms with Crippen LogP contribution in [-0.4, -0.2) is 89.3 Å². The molecule has 2 amide bonds. The molecule has 1 aliphatic heterocycles. The molecule has 6 atom stereocenters. The number of nitrogens with zero attached hydrogens (tertiary/aromatic N) is 4. The fourth-order valence-electron chi connectivity index (χ4n) is 4.21. The third-order valence-corrected chi connectivity index (χ3v) is 6.92. The molecule has 1 saturated carbocycles. The summed E-state index contributed by atoms with van der Waals surface area (Å²) >= 11 is -2.39. The lowest BCUT2D eigenvalue weighted by molar-refractivity contribution is -0.144. The smallest absolute Gasteiger partial charge is 0.248 e. The van der Waals surface area contributed by atoms with E-state index in [0.717, 1.165) is 18.5 Å². The number of ether oxygens (including phenoxy) is 1. The minimum atomic E-state index is -2.39. The first kappa shape index (κ1) is 25.7. The summed E-state index contributed by atoms with van der Waals surface area (Å²) in [6, 6.07) is -2.44. The van der Waals surface area contributed by atoms with Crippen LogP contribution in [0.25, 0.3) is 0 Å². The van der Waals surface area contributed by atoms with E-state index in [1.807, 2.05) is 20.8 Å². The first-order valence-corrected chi connectivity index (χ1v) is 12.5. The van der Waals surface area contributed by atoms with Crippen LogP contribution in [0.2, 0.25) is 0 Å². The van der Waals surface area contributed by atoms with Gasteiger partial charge in [-0.3, -0.25) is 13.8 Å². The van der Waals surface area contributed by atoms with E-state index in [-0.39, 0.29) is 24.6 Å². The summed E-state index contributed by atoms with van der Waals surface area (Å²) in [5, 5.41) is 21.4. The number of aromatic nitrogens is 3. The Labute approximate surface area is 196 Å². The molecule has 2 N–H and O–H groups in total. The van der Waals surface area contributed by atoms with Crippen LogP contribution in [-0.2, 0) is 25.4 Å². The van der Waals surface area contributed by atoms with E-state index >= 15 is 0 Å². The van der Waals surface area contributed by atoms with Crippen LogP contribution >= 0.6 is 0 Å². The Bertz CT molecular complexity index is 883. The lowest BCUT2D eigenvalue weighted by atomic mass is 9.85. The molecule has 186 valence electrons. The molecule has 1 saturated heterocycles. The Kier molecular flexibility index (Phi) is 7.92. The molecule has 11 nitrogen and oxygen atoms in total. The Balaban J connectivity index is 1.82. The fourth-order valence-corrected chi connectivity index (χ4v) is 4.86. The highest BCUT2D eigenvalue weighted by Crippen LogP contribution is 2.40. The maximum Gasteiger partial charge on any atom is 0.248 e. The third kappa shape index (κ3) is 6.17. The zero-order chi connectivity index (χ0) is 24.5. The van der Waals surface area contributed by atoms with Gasteiger partial charge in [0.25, 0.3) is 0 Å². The number of methoxy groups -OCH3 is 1. The van der Waals surface area contributed by atoms with Crippen molar-refractivity contribution in [3.05, 3.63) is 11.9 Å². The number of aliphatic hydroxyl groups is 1. The Morgan fingerprint density at radius 3 is 2.61 bits per heavy atom.